The minimum atomic E-state index is -1.16. The van der Waals surface area contributed by atoms with E-state index in [9.17, 15) is 24.3 Å². The van der Waals surface area contributed by atoms with Crippen LogP contribution in [0.25, 0.3) is 0 Å². The van der Waals surface area contributed by atoms with Gasteiger partial charge in [0, 0.05) is 24.3 Å². The van der Waals surface area contributed by atoms with Gasteiger partial charge in [0.15, 0.2) is 10.5 Å². The second kappa shape index (κ2) is 7.69. The van der Waals surface area contributed by atoms with Gasteiger partial charge >= 0.3 is 11.9 Å². The zero-order chi connectivity index (χ0) is 16.2. The molecule has 1 N–H and O–H groups in total. The summed E-state index contributed by atoms with van der Waals surface area (Å²) >= 11 is 2.06. The van der Waals surface area contributed by atoms with Crippen molar-refractivity contribution in [3.8, 4) is 0 Å². The van der Waals surface area contributed by atoms with Crippen LogP contribution in [-0.4, -0.2) is 63.0 Å². The highest BCUT2D eigenvalue weighted by molar-refractivity contribution is 8.13. The van der Waals surface area contributed by atoms with Crippen LogP contribution in [-0.2, 0) is 23.9 Å². The fourth-order valence-corrected chi connectivity index (χ4v) is 3.76. The lowest BCUT2D eigenvalue weighted by molar-refractivity contribution is -0.156. The smallest absolute Gasteiger partial charge is 0.339 e. The molecular formula is C12H17NO6S2. The molecule has 3 atom stereocenters. The maximum atomic E-state index is 12.4. The van der Waals surface area contributed by atoms with Gasteiger partial charge in [0.1, 0.15) is 6.04 Å². The molecule has 0 aromatic rings. The number of methoxy groups -OCH3 is 1. The molecule has 118 valence electrons. The van der Waals surface area contributed by atoms with Crippen LogP contribution in [0, 0.1) is 5.92 Å². The molecule has 1 aliphatic rings. The third-order valence-electron chi connectivity index (χ3n) is 2.90. The number of carbonyl (C=O) groups is 4. The van der Waals surface area contributed by atoms with Crippen molar-refractivity contribution in [3.05, 3.63) is 0 Å². The molecule has 1 unspecified atom stereocenters. The molecule has 0 aromatic heterocycles. The molecule has 0 saturated carbocycles. The normalized spacial score (nSPS) is 22.7. The third-order valence-corrected chi connectivity index (χ3v) is 5.22. The van der Waals surface area contributed by atoms with Crippen molar-refractivity contribution in [2.75, 3.05) is 18.6 Å². The molecule has 1 rings (SSSR count). The number of thioether (sulfide) groups is 2. The first kappa shape index (κ1) is 17.8. The van der Waals surface area contributed by atoms with Crippen LogP contribution in [0.3, 0.4) is 0 Å². The Morgan fingerprint density at radius 2 is 2.05 bits per heavy atom. The number of carboxylic acids is 1. The summed E-state index contributed by atoms with van der Waals surface area (Å²) < 4.78 is 4.61. The molecule has 0 aromatic carbocycles. The Kier molecular flexibility index (Phi) is 6.53. The van der Waals surface area contributed by atoms with Crippen LogP contribution in [0.2, 0.25) is 0 Å². The highest BCUT2D eigenvalue weighted by Crippen LogP contribution is 2.32. The van der Waals surface area contributed by atoms with Crippen LogP contribution in [0.1, 0.15) is 13.8 Å². The molecule has 0 radical (unpaired) electrons. The Morgan fingerprint density at radius 1 is 1.43 bits per heavy atom. The van der Waals surface area contributed by atoms with E-state index in [-0.39, 0.29) is 16.6 Å². The zero-order valence-electron chi connectivity index (χ0n) is 11.9. The van der Waals surface area contributed by atoms with E-state index in [4.69, 9.17) is 0 Å². The highest BCUT2D eigenvalue weighted by atomic mass is 32.2. The summed E-state index contributed by atoms with van der Waals surface area (Å²) in [6, 6.07) is -1.06. The van der Waals surface area contributed by atoms with Gasteiger partial charge in [-0.25, -0.2) is 9.59 Å². The van der Waals surface area contributed by atoms with Crippen molar-refractivity contribution in [2.45, 2.75) is 25.3 Å². The Hall–Kier alpha value is -1.22. The van der Waals surface area contributed by atoms with Crippen molar-refractivity contribution in [1.82, 2.24) is 4.90 Å². The van der Waals surface area contributed by atoms with Crippen LogP contribution < -0.4 is 0 Å². The number of nitrogens with zero attached hydrogens (tertiary/aromatic N) is 1. The van der Waals surface area contributed by atoms with Gasteiger partial charge in [0.05, 0.1) is 7.11 Å². The van der Waals surface area contributed by atoms with Gasteiger partial charge in [0.2, 0.25) is 5.91 Å². The lowest BCUT2D eigenvalue weighted by Gasteiger charge is -2.28. The second-order valence-electron chi connectivity index (χ2n) is 4.51. The average molecular weight is 335 g/mol. The maximum Gasteiger partial charge on any atom is 0.339 e. The summed E-state index contributed by atoms with van der Waals surface area (Å²) in [5, 5.41) is 8.11. The first-order valence-corrected chi connectivity index (χ1v) is 8.20. The molecule has 1 saturated heterocycles. The summed E-state index contributed by atoms with van der Waals surface area (Å²) in [6.07, 6.45) is 0. The third kappa shape index (κ3) is 4.37. The largest absolute Gasteiger partial charge is 0.480 e. The molecule has 21 heavy (non-hydrogen) atoms. The van der Waals surface area contributed by atoms with Crippen LogP contribution in [0.4, 0.5) is 0 Å². The quantitative estimate of drug-likeness (QED) is 0.722. The molecule has 0 aliphatic carbocycles. The molecule has 1 amide bonds. The number of esters is 1. The molecule has 1 fully saturated rings. The van der Waals surface area contributed by atoms with Crippen molar-refractivity contribution >= 4 is 46.5 Å². The predicted molar refractivity (Wildman–Crippen MR) is 78.8 cm³/mol. The molecule has 9 heteroatoms. The van der Waals surface area contributed by atoms with Crippen LogP contribution >= 0.6 is 23.5 Å². The number of carbonyl (C=O) groups excluding carboxylic acids is 3. The lowest BCUT2D eigenvalue weighted by atomic mass is 10.1. The maximum absolute atomic E-state index is 12.4. The molecule has 7 nitrogen and oxygen atoms in total. The first-order chi connectivity index (χ1) is 9.79. The minimum absolute atomic E-state index is 0.121. The van der Waals surface area contributed by atoms with Crippen molar-refractivity contribution in [3.63, 3.8) is 0 Å². The second-order valence-corrected chi connectivity index (χ2v) is 6.82. The summed E-state index contributed by atoms with van der Waals surface area (Å²) in [7, 11) is 1.19. The van der Waals surface area contributed by atoms with E-state index in [2.05, 4.69) is 4.74 Å². The van der Waals surface area contributed by atoms with E-state index in [0.29, 0.717) is 0 Å². The Labute approximate surface area is 130 Å². The Morgan fingerprint density at radius 3 is 2.52 bits per heavy atom. The van der Waals surface area contributed by atoms with E-state index in [1.165, 1.54) is 14.0 Å². The molecular weight excluding hydrogens is 318 g/mol. The molecule has 1 aliphatic heterocycles. The zero-order valence-corrected chi connectivity index (χ0v) is 13.5. The van der Waals surface area contributed by atoms with Crippen molar-refractivity contribution < 1.29 is 29.0 Å². The molecule has 0 spiro atoms. The van der Waals surface area contributed by atoms with E-state index in [0.717, 1.165) is 28.4 Å². The number of ether oxygens (including phenoxy) is 1. The predicted octanol–water partition coefficient (Wildman–Crippen LogP) is 0.430. The van der Waals surface area contributed by atoms with Gasteiger partial charge in [0.25, 0.3) is 0 Å². The number of amides is 1. The molecule has 0 bridgehead atoms. The number of rotatable bonds is 5. The van der Waals surface area contributed by atoms with E-state index in [1.807, 2.05) is 0 Å². The standard InChI is InChI=1S/C12H17NO6S2/c1-6(4-20-7(2)14)9(15)13-8(11(16)17)5-21-10(13)12(18)19-3/h6,8,10H,4-5H2,1-3H3,(H,16,17)/t6?,8-,10+/m0/s1. The van der Waals surface area contributed by atoms with Gasteiger partial charge in [-0.1, -0.05) is 18.7 Å². The van der Waals surface area contributed by atoms with Crippen LogP contribution in [0.5, 0.6) is 0 Å². The van der Waals surface area contributed by atoms with E-state index in [1.54, 1.807) is 6.92 Å². The lowest BCUT2D eigenvalue weighted by Crippen LogP contribution is -2.50. The van der Waals surface area contributed by atoms with Gasteiger partial charge in [-0.05, 0) is 0 Å². The van der Waals surface area contributed by atoms with Crippen LogP contribution in [0.15, 0.2) is 0 Å². The average Bonchev–Trinajstić information content (AvgIpc) is 2.87. The summed E-state index contributed by atoms with van der Waals surface area (Å²) in [5.74, 6) is -2.46. The number of hydrogen-bond acceptors (Lipinski definition) is 7. The fraction of sp³-hybridized carbons (Fsp3) is 0.667. The fourth-order valence-electron chi connectivity index (χ4n) is 1.82. The number of aliphatic carboxylic acids is 1. The molecule has 1 heterocycles. The van der Waals surface area contributed by atoms with E-state index >= 15 is 0 Å². The Balaban J connectivity index is 2.89. The van der Waals surface area contributed by atoms with Gasteiger partial charge < -0.3 is 14.7 Å². The first-order valence-electron chi connectivity index (χ1n) is 6.17. The SMILES string of the molecule is COC(=O)[C@H]1SC[C@@H](C(=O)O)N1C(=O)C(C)CSC(C)=O. The Bertz CT molecular complexity index is 455. The minimum Gasteiger partial charge on any atom is -0.480 e. The summed E-state index contributed by atoms with van der Waals surface area (Å²) in [4.78, 5) is 47.4. The van der Waals surface area contributed by atoms with Crippen molar-refractivity contribution in [2.24, 2.45) is 5.92 Å². The van der Waals surface area contributed by atoms with E-state index < -0.39 is 35.2 Å². The van der Waals surface area contributed by atoms with Gasteiger partial charge in [-0.2, -0.15) is 0 Å². The number of hydrogen-bond donors (Lipinski definition) is 1. The highest BCUT2D eigenvalue weighted by Gasteiger charge is 2.46. The number of carboxylic acid groups (broad SMARTS) is 1. The van der Waals surface area contributed by atoms with Crippen molar-refractivity contribution in [1.29, 1.82) is 0 Å². The van der Waals surface area contributed by atoms with Gasteiger partial charge in [-0.15, -0.1) is 11.8 Å². The van der Waals surface area contributed by atoms with Gasteiger partial charge in [-0.3, -0.25) is 9.59 Å². The summed E-state index contributed by atoms with van der Waals surface area (Å²) in [6.45, 7) is 3.00. The topological polar surface area (TPSA) is 101 Å². The monoisotopic (exact) mass is 335 g/mol. The summed E-state index contributed by atoms with van der Waals surface area (Å²) in [5.41, 5.74) is 0.